The second kappa shape index (κ2) is 6.74. The number of amides is 1. The minimum Gasteiger partial charge on any atom is -0.481 e. The zero-order valence-electron chi connectivity index (χ0n) is 12.6. The minimum atomic E-state index is -0.853. The van der Waals surface area contributed by atoms with Gasteiger partial charge in [0, 0.05) is 12.7 Å². The lowest BCUT2D eigenvalue weighted by Gasteiger charge is -2.15. The fourth-order valence-electron chi connectivity index (χ4n) is 3.05. The van der Waals surface area contributed by atoms with Crippen molar-refractivity contribution in [2.75, 3.05) is 6.54 Å². The van der Waals surface area contributed by atoms with E-state index in [0.29, 0.717) is 31.8 Å². The number of rotatable bonds is 6. The molecule has 1 aromatic heterocycles. The summed E-state index contributed by atoms with van der Waals surface area (Å²) in [6.45, 7) is 5.08. The SMILES string of the molecule is CCC1CC(C(=O)O)C(C(=O)NCCn2cc(C)cn2)C1. The van der Waals surface area contributed by atoms with Crippen molar-refractivity contribution in [3.63, 3.8) is 0 Å². The van der Waals surface area contributed by atoms with E-state index in [-0.39, 0.29) is 5.91 Å². The second-order valence-electron chi connectivity index (χ2n) is 5.87. The number of nitrogens with zero attached hydrogens (tertiary/aromatic N) is 2. The van der Waals surface area contributed by atoms with Crippen molar-refractivity contribution in [1.82, 2.24) is 15.1 Å². The highest BCUT2D eigenvalue weighted by molar-refractivity contribution is 5.85. The van der Waals surface area contributed by atoms with Crippen molar-refractivity contribution >= 4 is 11.9 Å². The van der Waals surface area contributed by atoms with E-state index in [9.17, 15) is 14.7 Å². The van der Waals surface area contributed by atoms with E-state index in [1.807, 2.05) is 20.0 Å². The van der Waals surface area contributed by atoms with E-state index in [1.165, 1.54) is 0 Å². The Bertz CT molecular complexity index is 512. The first-order valence-corrected chi connectivity index (χ1v) is 7.50. The maximum Gasteiger partial charge on any atom is 0.307 e. The summed E-state index contributed by atoms with van der Waals surface area (Å²) in [5.41, 5.74) is 1.08. The van der Waals surface area contributed by atoms with Gasteiger partial charge >= 0.3 is 5.97 Å². The molecule has 3 atom stereocenters. The van der Waals surface area contributed by atoms with Crippen LogP contribution < -0.4 is 5.32 Å². The lowest BCUT2D eigenvalue weighted by atomic mass is 9.95. The fourth-order valence-corrected chi connectivity index (χ4v) is 3.05. The lowest BCUT2D eigenvalue weighted by molar-refractivity contribution is -0.146. The summed E-state index contributed by atoms with van der Waals surface area (Å²) in [5, 5.41) is 16.3. The van der Waals surface area contributed by atoms with E-state index >= 15 is 0 Å². The molecular formula is C15H23N3O3. The van der Waals surface area contributed by atoms with Crippen LogP contribution in [0, 0.1) is 24.7 Å². The number of aromatic nitrogens is 2. The number of carboxylic acid groups (broad SMARTS) is 1. The van der Waals surface area contributed by atoms with Crippen molar-refractivity contribution in [2.24, 2.45) is 17.8 Å². The molecule has 21 heavy (non-hydrogen) atoms. The van der Waals surface area contributed by atoms with Gasteiger partial charge in [0.15, 0.2) is 0 Å². The number of hydrogen-bond donors (Lipinski definition) is 2. The van der Waals surface area contributed by atoms with E-state index in [2.05, 4.69) is 10.4 Å². The van der Waals surface area contributed by atoms with Crippen LogP contribution in [0.15, 0.2) is 12.4 Å². The third-order valence-corrected chi connectivity index (χ3v) is 4.29. The summed E-state index contributed by atoms with van der Waals surface area (Å²) in [5.74, 6) is -1.58. The second-order valence-corrected chi connectivity index (χ2v) is 5.87. The van der Waals surface area contributed by atoms with Crippen LogP contribution in [0.3, 0.4) is 0 Å². The van der Waals surface area contributed by atoms with Crippen LogP contribution in [0.1, 0.15) is 31.7 Å². The van der Waals surface area contributed by atoms with Crippen molar-refractivity contribution < 1.29 is 14.7 Å². The third-order valence-electron chi connectivity index (χ3n) is 4.29. The highest BCUT2D eigenvalue weighted by Gasteiger charge is 2.41. The predicted molar refractivity (Wildman–Crippen MR) is 77.6 cm³/mol. The summed E-state index contributed by atoms with van der Waals surface area (Å²) in [4.78, 5) is 23.5. The Morgan fingerprint density at radius 1 is 1.43 bits per heavy atom. The zero-order valence-corrected chi connectivity index (χ0v) is 12.6. The number of nitrogens with one attached hydrogen (secondary N) is 1. The Hall–Kier alpha value is -1.85. The smallest absolute Gasteiger partial charge is 0.307 e. The van der Waals surface area contributed by atoms with Crippen LogP contribution in [0.4, 0.5) is 0 Å². The van der Waals surface area contributed by atoms with Gasteiger partial charge in [0.1, 0.15) is 0 Å². The summed E-state index contributed by atoms with van der Waals surface area (Å²) in [6.07, 6.45) is 5.91. The fraction of sp³-hybridized carbons (Fsp3) is 0.667. The molecule has 6 nitrogen and oxygen atoms in total. The first-order chi connectivity index (χ1) is 10.0. The van der Waals surface area contributed by atoms with Crippen molar-refractivity contribution in [3.05, 3.63) is 18.0 Å². The van der Waals surface area contributed by atoms with Crippen LogP contribution in [0.5, 0.6) is 0 Å². The van der Waals surface area contributed by atoms with E-state index in [4.69, 9.17) is 0 Å². The van der Waals surface area contributed by atoms with E-state index < -0.39 is 17.8 Å². The highest BCUT2D eigenvalue weighted by atomic mass is 16.4. The molecule has 1 saturated carbocycles. The first-order valence-electron chi connectivity index (χ1n) is 7.50. The highest BCUT2D eigenvalue weighted by Crippen LogP contribution is 2.38. The number of carbonyl (C=O) groups excluding carboxylic acids is 1. The van der Waals surface area contributed by atoms with Crippen molar-refractivity contribution in [1.29, 1.82) is 0 Å². The predicted octanol–water partition coefficient (Wildman–Crippen LogP) is 1.44. The van der Waals surface area contributed by atoms with Gasteiger partial charge in [-0.3, -0.25) is 14.3 Å². The molecule has 116 valence electrons. The van der Waals surface area contributed by atoms with E-state index in [0.717, 1.165) is 12.0 Å². The molecular weight excluding hydrogens is 270 g/mol. The molecule has 0 aliphatic heterocycles. The van der Waals surface area contributed by atoms with Crippen LogP contribution in [0.2, 0.25) is 0 Å². The lowest BCUT2D eigenvalue weighted by Crippen LogP contribution is -2.36. The van der Waals surface area contributed by atoms with Gasteiger partial charge in [0.25, 0.3) is 0 Å². The topological polar surface area (TPSA) is 84.2 Å². The molecule has 1 fully saturated rings. The molecule has 1 heterocycles. The number of carbonyl (C=O) groups is 2. The van der Waals surface area contributed by atoms with Gasteiger partial charge in [-0.1, -0.05) is 13.3 Å². The molecule has 0 aromatic carbocycles. The van der Waals surface area contributed by atoms with E-state index in [1.54, 1.807) is 10.9 Å². The van der Waals surface area contributed by atoms with Gasteiger partial charge in [-0.2, -0.15) is 5.10 Å². The number of hydrogen-bond acceptors (Lipinski definition) is 3. The van der Waals surface area contributed by atoms with Crippen molar-refractivity contribution in [2.45, 2.75) is 39.7 Å². The Labute approximate surface area is 124 Å². The Balaban J connectivity index is 1.85. The average molecular weight is 293 g/mol. The van der Waals surface area contributed by atoms with Gasteiger partial charge in [0.2, 0.25) is 5.91 Å². The van der Waals surface area contributed by atoms with Gasteiger partial charge < -0.3 is 10.4 Å². The molecule has 2 rings (SSSR count). The van der Waals surface area contributed by atoms with Gasteiger partial charge in [-0.15, -0.1) is 0 Å². The normalized spacial score (nSPS) is 25.0. The first kappa shape index (κ1) is 15.5. The number of aryl methyl sites for hydroxylation is 1. The maximum absolute atomic E-state index is 12.2. The largest absolute Gasteiger partial charge is 0.481 e. The minimum absolute atomic E-state index is 0.137. The molecule has 1 aliphatic rings. The summed E-state index contributed by atoms with van der Waals surface area (Å²) < 4.78 is 1.77. The molecule has 1 aliphatic carbocycles. The molecule has 0 bridgehead atoms. The van der Waals surface area contributed by atoms with Gasteiger partial charge in [-0.05, 0) is 31.2 Å². The van der Waals surface area contributed by atoms with Gasteiger partial charge in [0.05, 0.1) is 24.6 Å². The number of aliphatic carboxylic acids is 1. The Morgan fingerprint density at radius 2 is 2.14 bits per heavy atom. The quantitative estimate of drug-likeness (QED) is 0.831. The standard InChI is InChI=1S/C15H23N3O3/c1-3-11-6-12(13(7-11)15(20)21)14(19)16-4-5-18-9-10(2)8-17-18/h8-9,11-13H,3-7H2,1-2H3,(H,16,19)(H,20,21). The molecule has 1 aromatic rings. The molecule has 6 heteroatoms. The van der Waals surface area contributed by atoms with Gasteiger partial charge in [-0.25, -0.2) is 0 Å². The van der Waals surface area contributed by atoms with Crippen LogP contribution in [-0.2, 0) is 16.1 Å². The summed E-state index contributed by atoms with van der Waals surface area (Å²) >= 11 is 0. The summed E-state index contributed by atoms with van der Waals surface area (Å²) in [7, 11) is 0. The Kier molecular flexibility index (Phi) is 4.98. The molecule has 1 amide bonds. The Morgan fingerprint density at radius 3 is 2.71 bits per heavy atom. The molecule has 3 unspecified atom stereocenters. The van der Waals surface area contributed by atoms with Crippen LogP contribution >= 0.6 is 0 Å². The third kappa shape index (κ3) is 3.83. The zero-order chi connectivity index (χ0) is 15.4. The van der Waals surface area contributed by atoms with Crippen LogP contribution in [0.25, 0.3) is 0 Å². The molecule has 0 spiro atoms. The molecule has 0 saturated heterocycles. The maximum atomic E-state index is 12.2. The van der Waals surface area contributed by atoms with Crippen LogP contribution in [-0.4, -0.2) is 33.3 Å². The molecule has 2 N–H and O–H groups in total. The van der Waals surface area contributed by atoms with Crippen molar-refractivity contribution in [3.8, 4) is 0 Å². The number of carboxylic acids is 1. The molecule has 0 radical (unpaired) electrons. The summed E-state index contributed by atoms with van der Waals surface area (Å²) in [6, 6.07) is 0. The monoisotopic (exact) mass is 293 g/mol. The average Bonchev–Trinajstić information content (AvgIpc) is 3.04.